The van der Waals surface area contributed by atoms with Gasteiger partial charge in [-0.15, -0.1) is 0 Å². The molecule has 0 aromatic rings. The number of amides is 1. The summed E-state index contributed by atoms with van der Waals surface area (Å²) < 4.78 is 0. The Morgan fingerprint density at radius 2 is 1.64 bits per heavy atom. The van der Waals surface area contributed by atoms with E-state index in [1.54, 1.807) is 0 Å². The van der Waals surface area contributed by atoms with Gasteiger partial charge in [0.2, 0.25) is 5.91 Å². The number of carboxylic acid groups (broad SMARTS) is 1. The highest BCUT2D eigenvalue weighted by Gasteiger charge is 2.62. The van der Waals surface area contributed by atoms with Crippen LogP contribution >= 0.6 is 0 Å². The zero-order chi connectivity index (χ0) is 26.4. The maximum absolute atomic E-state index is 12.7. The lowest BCUT2D eigenvalue weighted by atomic mass is 9.43. The second-order valence-electron chi connectivity index (χ2n) is 13.7. The average molecular weight is 506 g/mol. The summed E-state index contributed by atoms with van der Waals surface area (Å²) in [4.78, 5) is 24.3. The number of carboxylic acids is 1. The molecule has 4 rings (SSSR count). The molecule has 0 aromatic heterocycles. The summed E-state index contributed by atoms with van der Waals surface area (Å²) in [7, 11) is 0. The van der Waals surface area contributed by atoms with Crippen LogP contribution in [-0.2, 0) is 9.59 Å². The first-order chi connectivity index (χ1) is 16.9. The molecular weight excluding hydrogens is 454 g/mol. The van der Waals surface area contributed by atoms with Crippen molar-refractivity contribution in [1.29, 1.82) is 0 Å². The van der Waals surface area contributed by atoms with Crippen molar-refractivity contribution < 1.29 is 24.9 Å². The lowest BCUT2D eigenvalue weighted by molar-refractivity contribution is -0.174. The molecule has 4 aliphatic carbocycles. The fourth-order valence-corrected chi connectivity index (χ4v) is 9.66. The molecule has 1 amide bonds. The fraction of sp³-hybridized carbons (Fsp3) is 0.933. The lowest BCUT2D eigenvalue weighted by Crippen LogP contribution is -2.58. The molecule has 0 heterocycles. The number of hydrogen-bond acceptors (Lipinski definition) is 4. The monoisotopic (exact) mass is 505 g/mol. The first-order valence-electron chi connectivity index (χ1n) is 14.8. The van der Waals surface area contributed by atoms with Gasteiger partial charge in [-0.2, -0.15) is 0 Å². The van der Waals surface area contributed by atoms with Gasteiger partial charge in [-0.3, -0.25) is 4.79 Å². The molecule has 0 saturated heterocycles. The van der Waals surface area contributed by atoms with Gasteiger partial charge >= 0.3 is 5.97 Å². The predicted molar refractivity (Wildman–Crippen MR) is 140 cm³/mol. The standard InChI is InChI=1S/C30H51NO5/c1-6-17(2)27(28(35)36)31-25(34)10-7-18(3)21-8-9-22-26-23(12-14-30(21,22)5)29(4)13-11-20(32)15-19(29)16-24(26)33/h17-24,26-27,32-33H,6-16H2,1-5H3,(H,31,34)(H,35,36)/t17-,18?,19+,20-,21-,22+,23+,24-,26+,27+,29+,30-/m1/s1. The molecule has 6 heteroatoms. The topological polar surface area (TPSA) is 107 Å². The van der Waals surface area contributed by atoms with E-state index in [2.05, 4.69) is 26.1 Å². The molecule has 4 saturated carbocycles. The van der Waals surface area contributed by atoms with Gasteiger partial charge in [0.25, 0.3) is 0 Å². The molecule has 4 fully saturated rings. The summed E-state index contributed by atoms with van der Waals surface area (Å²) in [6.45, 7) is 11.0. The molecule has 6 nitrogen and oxygen atoms in total. The Bertz CT molecular complexity index is 817. The minimum atomic E-state index is -0.955. The average Bonchev–Trinajstić information content (AvgIpc) is 3.18. The fourth-order valence-electron chi connectivity index (χ4n) is 9.66. The van der Waals surface area contributed by atoms with E-state index in [9.17, 15) is 24.9 Å². The van der Waals surface area contributed by atoms with Crippen molar-refractivity contribution in [2.24, 2.45) is 52.3 Å². The van der Waals surface area contributed by atoms with E-state index in [-0.39, 0.29) is 34.9 Å². The summed E-state index contributed by atoms with van der Waals surface area (Å²) in [6, 6.07) is -0.819. The first kappa shape index (κ1) is 27.9. The summed E-state index contributed by atoms with van der Waals surface area (Å²) in [5.74, 6) is 1.58. The molecule has 1 unspecified atom stereocenters. The SMILES string of the molecule is CC[C@@H](C)[C@H](NC(=O)CCC(C)[C@H]1CC[C@H]2[C@@H]3[C@H](O)C[C@@H]4C[C@H](O)CC[C@]4(C)[C@H]3CC[C@]12C)C(=O)O. The van der Waals surface area contributed by atoms with Crippen molar-refractivity contribution in [2.45, 2.75) is 123 Å². The normalized spacial score (nSPS) is 44.5. The maximum atomic E-state index is 12.7. The minimum Gasteiger partial charge on any atom is -0.480 e. The van der Waals surface area contributed by atoms with Crippen LogP contribution in [-0.4, -0.2) is 45.4 Å². The number of carbonyl (C=O) groups is 2. The number of fused-ring (bicyclic) bond motifs is 5. The third-order valence-corrected chi connectivity index (χ3v) is 12.0. The van der Waals surface area contributed by atoms with Crippen molar-refractivity contribution in [2.75, 3.05) is 0 Å². The van der Waals surface area contributed by atoms with E-state index >= 15 is 0 Å². The maximum Gasteiger partial charge on any atom is 0.326 e. The van der Waals surface area contributed by atoms with Gasteiger partial charge in [0, 0.05) is 6.42 Å². The Morgan fingerprint density at radius 1 is 0.972 bits per heavy atom. The van der Waals surface area contributed by atoms with Gasteiger partial charge in [0.05, 0.1) is 12.2 Å². The Morgan fingerprint density at radius 3 is 2.31 bits per heavy atom. The van der Waals surface area contributed by atoms with Crippen molar-refractivity contribution in [3.63, 3.8) is 0 Å². The number of nitrogens with one attached hydrogen (secondary N) is 1. The van der Waals surface area contributed by atoms with E-state index in [4.69, 9.17) is 0 Å². The quantitative estimate of drug-likeness (QED) is 0.371. The minimum absolute atomic E-state index is 0.0932. The van der Waals surface area contributed by atoms with Crippen molar-refractivity contribution in [1.82, 2.24) is 5.32 Å². The number of hydrogen-bond donors (Lipinski definition) is 4. The van der Waals surface area contributed by atoms with Crippen LogP contribution in [0, 0.1) is 52.3 Å². The van der Waals surface area contributed by atoms with Gasteiger partial charge < -0.3 is 20.6 Å². The van der Waals surface area contributed by atoms with Gasteiger partial charge in [0.1, 0.15) is 6.04 Å². The smallest absolute Gasteiger partial charge is 0.326 e. The molecule has 206 valence electrons. The van der Waals surface area contributed by atoms with Crippen LogP contribution in [0.2, 0.25) is 0 Å². The van der Waals surface area contributed by atoms with Gasteiger partial charge in [-0.25, -0.2) is 4.79 Å². The Labute approximate surface area is 218 Å². The molecule has 0 aliphatic heterocycles. The zero-order valence-corrected chi connectivity index (χ0v) is 23.2. The van der Waals surface area contributed by atoms with E-state index in [0.29, 0.717) is 48.3 Å². The van der Waals surface area contributed by atoms with Crippen molar-refractivity contribution >= 4 is 11.9 Å². The van der Waals surface area contributed by atoms with Crippen LogP contribution in [0.5, 0.6) is 0 Å². The second kappa shape index (κ2) is 10.6. The first-order valence-corrected chi connectivity index (χ1v) is 14.8. The number of aliphatic hydroxyl groups is 2. The Hall–Kier alpha value is -1.14. The molecular formula is C30H51NO5. The Kier molecular flexibility index (Phi) is 8.17. The van der Waals surface area contributed by atoms with Crippen LogP contribution in [0.1, 0.15) is 105 Å². The van der Waals surface area contributed by atoms with Crippen LogP contribution in [0.4, 0.5) is 0 Å². The van der Waals surface area contributed by atoms with Crippen LogP contribution in [0.15, 0.2) is 0 Å². The molecule has 0 spiro atoms. The third-order valence-electron chi connectivity index (χ3n) is 12.0. The second-order valence-corrected chi connectivity index (χ2v) is 13.7. The largest absolute Gasteiger partial charge is 0.480 e. The highest BCUT2D eigenvalue weighted by Crippen LogP contribution is 2.68. The molecule has 4 aliphatic rings. The highest BCUT2D eigenvalue weighted by atomic mass is 16.4. The van der Waals surface area contributed by atoms with Gasteiger partial charge in [-0.05, 0) is 110 Å². The van der Waals surface area contributed by atoms with E-state index < -0.39 is 12.0 Å². The predicted octanol–water partition coefficient (Wildman–Crippen LogP) is 5.01. The zero-order valence-electron chi connectivity index (χ0n) is 23.2. The van der Waals surface area contributed by atoms with E-state index in [1.165, 1.54) is 6.42 Å². The summed E-state index contributed by atoms with van der Waals surface area (Å²) in [5, 5.41) is 34.0. The van der Waals surface area contributed by atoms with Crippen LogP contribution < -0.4 is 5.32 Å². The molecule has 0 bridgehead atoms. The van der Waals surface area contributed by atoms with Crippen LogP contribution in [0.3, 0.4) is 0 Å². The molecule has 0 radical (unpaired) electrons. The van der Waals surface area contributed by atoms with Crippen LogP contribution in [0.25, 0.3) is 0 Å². The summed E-state index contributed by atoms with van der Waals surface area (Å²) >= 11 is 0. The number of aliphatic carboxylic acids is 1. The lowest BCUT2D eigenvalue weighted by Gasteiger charge is -2.62. The van der Waals surface area contributed by atoms with Crippen molar-refractivity contribution in [3.05, 3.63) is 0 Å². The summed E-state index contributed by atoms with van der Waals surface area (Å²) in [6.07, 6.45) is 9.72. The summed E-state index contributed by atoms with van der Waals surface area (Å²) in [5.41, 5.74) is 0.429. The molecule has 0 aromatic carbocycles. The number of rotatable bonds is 8. The third kappa shape index (κ3) is 4.86. The van der Waals surface area contributed by atoms with E-state index in [1.807, 2.05) is 13.8 Å². The van der Waals surface area contributed by atoms with Gasteiger partial charge in [0.15, 0.2) is 0 Å². The molecule has 4 N–H and O–H groups in total. The number of aliphatic hydroxyl groups excluding tert-OH is 2. The number of carbonyl (C=O) groups excluding carboxylic acids is 1. The van der Waals surface area contributed by atoms with E-state index in [0.717, 1.165) is 51.4 Å². The Balaban J connectivity index is 1.40. The van der Waals surface area contributed by atoms with Crippen molar-refractivity contribution in [3.8, 4) is 0 Å². The molecule has 36 heavy (non-hydrogen) atoms. The molecule has 12 atom stereocenters. The van der Waals surface area contributed by atoms with Gasteiger partial charge in [-0.1, -0.05) is 41.0 Å². The highest BCUT2D eigenvalue weighted by molar-refractivity contribution is 5.83.